The molecule has 1 aliphatic heterocycles. The number of halogens is 2. The fraction of sp³-hybridized carbons (Fsp3) is 0.522. The highest BCUT2D eigenvalue weighted by Gasteiger charge is 2.48. The minimum Gasteiger partial charge on any atom is -0.387 e. The second-order valence-corrected chi connectivity index (χ2v) is 16.7. The Morgan fingerprint density at radius 3 is 2.36 bits per heavy atom. The van der Waals surface area contributed by atoms with Crippen LogP contribution in [0.3, 0.4) is 0 Å². The van der Waals surface area contributed by atoms with Gasteiger partial charge in [0.2, 0.25) is 23.6 Å². The van der Waals surface area contributed by atoms with Crippen molar-refractivity contribution in [2.75, 3.05) is 26.2 Å². The first-order valence-electron chi connectivity index (χ1n) is 20.7. The molecule has 2 heterocycles. The Morgan fingerprint density at radius 2 is 1.72 bits per heavy atom. The van der Waals surface area contributed by atoms with Gasteiger partial charge in [-0.15, -0.1) is 6.58 Å². The van der Waals surface area contributed by atoms with Crippen LogP contribution in [0.5, 0.6) is 0 Å². The Kier molecular flexibility index (Phi) is 16.5. The minimum atomic E-state index is -0.942. The molecule has 0 radical (unpaired) electrons. The van der Waals surface area contributed by atoms with E-state index < -0.39 is 41.6 Å². The van der Waals surface area contributed by atoms with Crippen molar-refractivity contribution in [3.63, 3.8) is 0 Å². The zero-order valence-corrected chi connectivity index (χ0v) is 34.9. The molecule has 58 heavy (non-hydrogen) atoms. The number of aliphatic hydroxyl groups is 1. The third kappa shape index (κ3) is 11.3. The van der Waals surface area contributed by atoms with Gasteiger partial charge in [-0.1, -0.05) is 83.9 Å². The van der Waals surface area contributed by atoms with Crippen molar-refractivity contribution in [3.05, 3.63) is 96.3 Å². The monoisotopic (exact) mass is 803 g/mol. The molecular formula is C46H63F2N5O5. The lowest BCUT2D eigenvalue weighted by Gasteiger charge is -2.41. The number of hydrogen-bond acceptors (Lipinski definition) is 6. The Bertz CT molecular complexity index is 1870. The van der Waals surface area contributed by atoms with Gasteiger partial charge in [0.05, 0.1) is 18.0 Å². The molecule has 0 spiro atoms. The molecule has 4 rings (SSSR count). The van der Waals surface area contributed by atoms with Crippen molar-refractivity contribution in [1.29, 1.82) is 0 Å². The molecule has 316 valence electrons. The smallest absolute Gasteiger partial charge is 0.248 e. The normalized spacial score (nSPS) is 15.7. The third-order valence-corrected chi connectivity index (χ3v) is 11.8. The molecule has 0 saturated carbocycles. The number of amides is 4. The van der Waals surface area contributed by atoms with Crippen molar-refractivity contribution in [2.45, 2.75) is 111 Å². The second-order valence-electron chi connectivity index (χ2n) is 16.7. The van der Waals surface area contributed by atoms with Crippen LogP contribution in [0.2, 0.25) is 0 Å². The summed E-state index contributed by atoms with van der Waals surface area (Å²) in [5.41, 5.74) is 7.64. The quantitative estimate of drug-likeness (QED) is 0.0546. The first-order chi connectivity index (χ1) is 27.6. The van der Waals surface area contributed by atoms with Crippen LogP contribution < -0.4 is 11.1 Å². The Morgan fingerprint density at radius 1 is 1.03 bits per heavy atom. The van der Waals surface area contributed by atoms with Crippen LogP contribution in [0, 0.1) is 28.4 Å². The Hall–Kier alpha value is -4.68. The lowest BCUT2D eigenvalue weighted by atomic mass is 9.68. The first kappa shape index (κ1) is 46.0. The summed E-state index contributed by atoms with van der Waals surface area (Å²) in [6.07, 6.45) is 9.22. The van der Waals surface area contributed by atoms with Gasteiger partial charge in [0.1, 0.15) is 18.2 Å². The number of benzene rings is 2. The van der Waals surface area contributed by atoms with Crippen LogP contribution in [0.1, 0.15) is 110 Å². The van der Waals surface area contributed by atoms with Crippen LogP contribution in [0.25, 0.3) is 11.1 Å². The predicted molar refractivity (Wildman–Crippen MR) is 223 cm³/mol. The predicted octanol–water partition coefficient (Wildman–Crippen LogP) is 7.54. The number of nitrogens with one attached hydrogen (secondary N) is 1. The second kappa shape index (κ2) is 20.8. The molecule has 2 aromatic carbocycles. The number of likely N-dealkylation sites (tertiary alicyclic amines) is 1. The van der Waals surface area contributed by atoms with E-state index in [4.69, 9.17) is 5.73 Å². The summed E-state index contributed by atoms with van der Waals surface area (Å²) >= 11 is 0. The van der Waals surface area contributed by atoms with Gasteiger partial charge < -0.3 is 25.6 Å². The number of nitrogens with two attached hydrogens (primary N) is 1. The maximum absolute atomic E-state index is 15.1. The number of allylic oxidation sites excluding steroid dienone is 1. The maximum Gasteiger partial charge on any atom is 0.248 e. The average Bonchev–Trinajstić information content (AvgIpc) is 3.73. The van der Waals surface area contributed by atoms with Gasteiger partial charge in [0, 0.05) is 55.6 Å². The molecule has 10 nitrogen and oxygen atoms in total. The number of carbonyl (C=O) groups is 4. The highest BCUT2D eigenvalue weighted by Crippen LogP contribution is 2.45. The van der Waals surface area contributed by atoms with Crippen molar-refractivity contribution in [2.24, 2.45) is 22.5 Å². The molecular weight excluding hydrogens is 741 g/mol. The molecule has 0 bridgehead atoms. The van der Waals surface area contributed by atoms with Gasteiger partial charge in [0.25, 0.3) is 0 Å². The SMILES string of the molecule is C=CCC(CC)(CC)C1CC(=O)N(CCCCCCNC(=O)[C@@H](N)CCN(C(=O)CO)[C@@H](c2cc(-c3cc(F)ccc3F)cn2Cc2ccccc2)C(C)(C)C)C1=O. The van der Waals surface area contributed by atoms with Gasteiger partial charge in [-0.25, -0.2) is 8.78 Å². The first-order valence-corrected chi connectivity index (χ1v) is 20.7. The summed E-state index contributed by atoms with van der Waals surface area (Å²) in [6, 6.07) is 13.1. The van der Waals surface area contributed by atoms with E-state index in [0.717, 1.165) is 49.4 Å². The molecule has 4 N–H and O–H groups in total. The molecule has 1 aliphatic rings. The van der Waals surface area contributed by atoms with Gasteiger partial charge >= 0.3 is 0 Å². The number of rotatable bonds is 22. The number of carbonyl (C=O) groups excluding carboxylic acids is 4. The minimum absolute atomic E-state index is 0.0517. The molecule has 1 aromatic heterocycles. The van der Waals surface area contributed by atoms with Gasteiger partial charge in [-0.3, -0.25) is 24.1 Å². The summed E-state index contributed by atoms with van der Waals surface area (Å²) in [7, 11) is 0. The fourth-order valence-electron chi connectivity index (χ4n) is 8.46. The number of hydrogen-bond donors (Lipinski definition) is 3. The van der Waals surface area contributed by atoms with E-state index in [1.54, 1.807) is 12.3 Å². The van der Waals surface area contributed by atoms with Crippen LogP contribution >= 0.6 is 0 Å². The third-order valence-electron chi connectivity index (χ3n) is 11.8. The largest absolute Gasteiger partial charge is 0.387 e. The highest BCUT2D eigenvalue weighted by atomic mass is 19.1. The fourth-order valence-corrected chi connectivity index (χ4v) is 8.46. The summed E-state index contributed by atoms with van der Waals surface area (Å²) in [4.78, 5) is 55.6. The van der Waals surface area contributed by atoms with Gasteiger partial charge in [0.15, 0.2) is 0 Å². The number of nitrogens with zero attached hydrogens (tertiary/aromatic N) is 3. The number of imide groups is 1. The molecule has 3 atom stereocenters. The van der Waals surface area contributed by atoms with E-state index in [1.807, 2.05) is 61.7 Å². The van der Waals surface area contributed by atoms with Crippen LogP contribution in [0.15, 0.2) is 73.4 Å². The lowest BCUT2D eigenvalue weighted by molar-refractivity contribution is -0.141. The molecule has 0 aliphatic carbocycles. The molecule has 1 saturated heterocycles. The van der Waals surface area contributed by atoms with E-state index in [0.29, 0.717) is 50.2 Å². The Balaban J connectivity index is 1.37. The summed E-state index contributed by atoms with van der Waals surface area (Å²) in [5.74, 6) is -2.58. The number of aromatic nitrogens is 1. The molecule has 1 fully saturated rings. The van der Waals surface area contributed by atoms with E-state index in [9.17, 15) is 28.7 Å². The van der Waals surface area contributed by atoms with Gasteiger partial charge in [-0.05, 0) is 79.2 Å². The zero-order valence-electron chi connectivity index (χ0n) is 34.9. The van der Waals surface area contributed by atoms with E-state index >= 15 is 4.39 Å². The summed E-state index contributed by atoms with van der Waals surface area (Å²) in [5, 5.41) is 13.0. The van der Waals surface area contributed by atoms with Crippen molar-refractivity contribution >= 4 is 23.6 Å². The van der Waals surface area contributed by atoms with Crippen LogP contribution in [0.4, 0.5) is 8.78 Å². The topological polar surface area (TPSA) is 138 Å². The summed E-state index contributed by atoms with van der Waals surface area (Å²) in [6.45, 7) is 14.3. The zero-order chi connectivity index (χ0) is 42.6. The van der Waals surface area contributed by atoms with Crippen LogP contribution in [-0.2, 0) is 25.7 Å². The van der Waals surface area contributed by atoms with E-state index in [1.165, 1.54) is 9.80 Å². The van der Waals surface area contributed by atoms with Crippen molar-refractivity contribution in [3.8, 4) is 11.1 Å². The van der Waals surface area contributed by atoms with Crippen molar-refractivity contribution < 1.29 is 33.1 Å². The number of unbranched alkanes of at least 4 members (excludes halogenated alkanes) is 3. The molecule has 1 unspecified atom stereocenters. The standard InChI is InChI=1S/C46H63F2N5O5/c1-7-22-46(8-2,9-3)36-28-40(55)53(44(36)58)24-16-11-10-15-23-50-43(57)38(49)21-25-52(41(56)31-54)42(45(4,5)6)39-26-33(35-27-34(47)19-20-37(35)48)30-51(39)29-32-17-13-12-14-18-32/h7,12-14,17-20,26-27,30,36,38,42,54H,1,8-11,15-16,21-25,28-29,31,49H2,2-6H3,(H,50,57)/t36?,38-,42-/m0/s1. The van der Waals surface area contributed by atoms with E-state index in [2.05, 4.69) is 25.7 Å². The summed E-state index contributed by atoms with van der Waals surface area (Å²) < 4.78 is 31.3. The highest BCUT2D eigenvalue weighted by molar-refractivity contribution is 6.04. The molecule has 12 heteroatoms. The molecule has 3 aromatic rings. The van der Waals surface area contributed by atoms with Gasteiger partial charge in [-0.2, -0.15) is 0 Å². The Labute approximate surface area is 342 Å². The van der Waals surface area contributed by atoms with E-state index in [-0.39, 0.29) is 54.0 Å². The van der Waals surface area contributed by atoms with Crippen molar-refractivity contribution in [1.82, 2.24) is 19.7 Å². The number of aliphatic hydroxyl groups excluding tert-OH is 1. The molecule has 4 amide bonds. The lowest BCUT2D eigenvalue weighted by Crippen LogP contribution is -2.47. The average molecular weight is 804 g/mol. The van der Waals surface area contributed by atoms with Crippen LogP contribution in [-0.4, -0.2) is 75.4 Å². The maximum atomic E-state index is 15.1.